The van der Waals surface area contributed by atoms with Gasteiger partial charge < -0.3 is 9.47 Å². The van der Waals surface area contributed by atoms with Crippen LogP contribution in [-0.4, -0.2) is 40.6 Å². The van der Waals surface area contributed by atoms with Gasteiger partial charge in [0.25, 0.3) is 5.91 Å². The zero-order valence-electron chi connectivity index (χ0n) is 20.1. The van der Waals surface area contributed by atoms with Crippen LogP contribution in [0.15, 0.2) is 47.5 Å². The lowest BCUT2D eigenvalue weighted by molar-refractivity contribution is -0.194. The summed E-state index contributed by atoms with van der Waals surface area (Å²) in [5.74, 6) is 0.493. The smallest absolute Gasteiger partial charge is 0.397 e. The molecule has 0 bridgehead atoms. The lowest BCUT2D eigenvalue weighted by Gasteiger charge is -2.18. The van der Waals surface area contributed by atoms with E-state index in [0.29, 0.717) is 5.75 Å². The van der Waals surface area contributed by atoms with Gasteiger partial charge in [0.2, 0.25) is 5.88 Å². The molecule has 1 N–H and O–H groups in total. The van der Waals surface area contributed by atoms with E-state index in [2.05, 4.69) is 14.8 Å². The SMILES string of the molecule is CC.COc1cc(C)ccc1SNC(=O)c1ccc(-n2ccc(OCC3(C(F)(F)F)CC3)n2)nc1Cl. The lowest BCUT2D eigenvalue weighted by atomic mass is 10.1. The first-order valence-electron chi connectivity index (χ1n) is 11.2. The number of hydrogen-bond acceptors (Lipinski definition) is 6. The van der Waals surface area contributed by atoms with Crippen LogP contribution >= 0.6 is 23.5 Å². The number of amides is 1. The normalized spacial score (nSPS) is 13.9. The number of carbonyl (C=O) groups excluding carboxylic acids is 1. The van der Waals surface area contributed by atoms with E-state index in [9.17, 15) is 18.0 Å². The molecule has 1 aliphatic rings. The molecule has 0 saturated heterocycles. The summed E-state index contributed by atoms with van der Waals surface area (Å²) in [4.78, 5) is 17.5. The van der Waals surface area contributed by atoms with E-state index in [1.807, 2.05) is 39.0 Å². The van der Waals surface area contributed by atoms with Crippen molar-refractivity contribution in [1.29, 1.82) is 0 Å². The van der Waals surface area contributed by atoms with Gasteiger partial charge in [0.1, 0.15) is 22.9 Å². The number of halogens is 4. The van der Waals surface area contributed by atoms with Gasteiger partial charge in [-0.2, -0.15) is 13.2 Å². The van der Waals surface area contributed by atoms with Crippen molar-refractivity contribution in [3.05, 3.63) is 58.9 Å². The number of nitrogens with one attached hydrogen (secondary N) is 1. The Morgan fingerprint density at radius 3 is 2.56 bits per heavy atom. The van der Waals surface area contributed by atoms with Gasteiger partial charge in [0, 0.05) is 12.3 Å². The van der Waals surface area contributed by atoms with Crippen LogP contribution in [0.5, 0.6) is 11.6 Å². The minimum Gasteiger partial charge on any atom is -0.496 e. The Hall–Kier alpha value is -2.92. The molecule has 1 saturated carbocycles. The molecule has 1 amide bonds. The van der Waals surface area contributed by atoms with Crippen molar-refractivity contribution in [2.75, 3.05) is 13.7 Å². The largest absolute Gasteiger partial charge is 0.496 e. The van der Waals surface area contributed by atoms with Crippen molar-refractivity contribution >= 4 is 29.5 Å². The van der Waals surface area contributed by atoms with E-state index in [4.69, 9.17) is 21.1 Å². The highest BCUT2D eigenvalue weighted by Gasteiger charge is 2.64. The number of aromatic nitrogens is 3. The first-order chi connectivity index (χ1) is 17.1. The first-order valence-corrected chi connectivity index (χ1v) is 12.4. The molecular formula is C24H26ClF3N4O3S. The number of aryl methyl sites for hydroxylation is 1. The van der Waals surface area contributed by atoms with Crippen LogP contribution in [0.3, 0.4) is 0 Å². The third-order valence-electron chi connectivity index (χ3n) is 5.40. The topological polar surface area (TPSA) is 78.3 Å². The summed E-state index contributed by atoms with van der Waals surface area (Å²) in [5.41, 5.74) is -0.614. The molecule has 7 nitrogen and oxygen atoms in total. The number of benzene rings is 1. The predicted octanol–water partition coefficient (Wildman–Crippen LogP) is 6.42. The van der Waals surface area contributed by atoms with Crippen molar-refractivity contribution in [3.63, 3.8) is 0 Å². The molecule has 0 spiro atoms. The molecular weight excluding hydrogens is 517 g/mol. The number of hydrogen-bond donors (Lipinski definition) is 1. The van der Waals surface area contributed by atoms with Crippen LogP contribution in [0.4, 0.5) is 13.2 Å². The number of methoxy groups -OCH3 is 1. The molecule has 3 aromatic rings. The van der Waals surface area contributed by atoms with Gasteiger partial charge in [-0.25, -0.2) is 9.67 Å². The van der Waals surface area contributed by atoms with Gasteiger partial charge in [-0.1, -0.05) is 31.5 Å². The highest BCUT2D eigenvalue weighted by molar-refractivity contribution is 7.98. The molecule has 1 aromatic carbocycles. The van der Waals surface area contributed by atoms with E-state index in [1.54, 1.807) is 7.11 Å². The van der Waals surface area contributed by atoms with Crippen LogP contribution in [0.2, 0.25) is 5.15 Å². The predicted molar refractivity (Wildman–Crippen MR) is 132 cm³/mol. The fraction of sp³-hybridized carbons (Fsp3) is 0.375. The number of alkyl halides is 3. The maximum atomic E-state index is 13.1. The van der Waals surface area contributed by atoms with Crippen molar-refractivity contribution in [2.24, 2.45) is 5.41 Å². The summed E-state index contributed by atoms with van der Waals surface area (Å²) in [6.45, 7) is 5.45. The molecule has 194 valence electrons. The molecule has 4 rings (SSSR count). The lowest BCUT2D eigenvalue weighted by Crippen LogP contribution is -2.30. The number of carbonyl (C=O) groups is 1. The zero-order chi connectivity index (χ0) is 26.5. The summed E-state index contributed by atoms with van der Waals surface area (Å²) >= 11 is 7.30. The molecule has 36 heavy (non-hydrogen) atoms. The number of ether oxygens (including phenoxy) is 2. The fourth-order valence-corrected chi connectivity index (χ4v) is 4.05. The molecule has 0 radical (unpaired) electrons. The Morgan fingerprint density at radius 2 is 1.94 bits per heavy atom. The maximum Gasteiger partial charge on any atom is 0.397 e. The van der Waals surface area contributed by atoms with Crippen LogP contribution in [0, 0.1) is 12.3 Å². The number of pyridine rings is 1. The van der Waals surface area contributed by atoms with Crippen molar-refractivity contribution in [3.8, 4) is 17.4 Å². The van der Waals surface area contributed by atoms with E-state index < -0.39 is 24.1 Å². The highest BCUT2D eigenvalue weighted by atomic mass is 35.5. The van der Waals surface area contributed by atoms with Crippen LogP contribution in [-0.2, 0) is 0 Å². The average molecular weight is 543 g/mol. The van der Waals surface area contributed by atoms with Crippen LogP contribution in [0.1, 0.15) is 42.6 Å². The Morgan fingerprint density at radius 1 is 1.22 bits per heavy atom. The molecule has 2 aromatic heterocycles. The molecule has 2 heterocycles. The summed E-state index contributed by atoms with van der Waals surface area (Å²) in [5, 5.41) is 4.04. The summed E-state index contributed by atoms with van der Waals surface area (Å²) in [6.07, 6.45) is -2.72. The molecule has 0 aliphatic heterocycles. The Balaban J connectivity index is 0.00000176. The zero-order valence-corrected chi connectivity index (χ0v) is 21.7. The number of rotatable bonds is 8. The number of nitrogens with zero attached hydrogens (tertiary/aromatic N) is 3. The van der Waals surface area contributed by atoms with Crippen LogP contribution in [0.25, 0.3) is 5.82 Å². The Labute approximate surface area is 216 Å². The second kappa shape index (κ2) is 11.4. The minimum absolute atomic E-state index is 0.0405. The van der Waals surface area contributed by atoms with Gasteiger partial charge in [0.05, 0.1) is 17.6 Å². The summed E-state index contributed by atoms with van der Waals surface area (Å²) < 4.78 is 53.8. The second-order valence-electron chi connectivity index (χ2n) is 7.86. The minimum atomic E-state index is -4.30. The maximum absolute atomic E-state index is 13.1. The molecule has 0 unspecified atom stereocenters. The second-order valence-corrected chi connectivity index (χ2v) is 9.07. The monoisotopic (exact) mass is 542 g/mol. The summed E-state index contributed by atoms with van der Waals surface area (Å²) in [7, 11) is 1.55. The van der Waals surface area contributed by atoms with E-state index in [0.717, 1.165) is 22.4 Å². The van der Waals surface area contributed by atoms with Gasteiger partial charge in [0.15, 0.2) is 5.82 Å². The van der Waals surface area contributed by atoms with Crippen LogP contribution < -0.4 is 14.2 Å². The van der Waals surface area contributed by atoms with Crippen molar-refractivity contribution in [2.45, 2.75) is 44.7 Å². The fourth-order valence-electron chi connectivity index (χ4n) is 3.12. The van der Waals surface area contributed by atoms with Crippen molar-refractivity contribution < 1.29 is 27.4 Å². The summed E-state index contributed by atoms with van der Waals surface area (Å²) in [6, 6.07) is 10.0. The van der Waals surface area contributed by atoms with Gasteiger partial charge in [-0.05, 0) is 61.5 Å². The third kappa shape index (κ3) is 6.25. The van der Waals surface area contributed by atoms with E-state index >= 15 is 0 Å². The van der Waals surface area contributed by atoms with E-state index in [1.165, 1.54) is 29.1 Å². The van der Waals surface area contributed by atoms with Gasteiger partial charge >= 0.3 is 6.18 Å². The average Bonchev–Trinajstić information content (AvgIpc) is 3.53. The van der Waals surface area contributed by atoms with Gasteiger partial charge in [-0.15, -0.1) is 5.10 Å². The standard InChI is InChI=1S/C22H20ClF3N4O3S.C2H6/c1-13-3-5-16(15(11-13)32-2)34-29-20(31)14-4-6-17(27-19(14)23)30-10-7-18(28-30)33-12-21(8-9-21)22(24,25)26;1-2/h3-7,10-11H,8-9,12H2,1-2H3,(H,29,31);1-2H3. The molecule has 1 fully saturated rings. The Bertz CT molecular complexity index is 1220. The first kappa shape index (κ1) is 27.7. The molecule has 1 aliphatic carbocycles. The van der Waals surface area contributed by atoms with E-state index in [-0.39, 0.29) is 35.3 Å². The highest BCUT2D eigenvalue weighted by Crippen LogP contribution is 2.57. The van der Waals surface area contributed by atoms with Crippen molar-refractivity contribution in [1.82, 2.24) is 19.5 Å². The quantitative estimate of drug-likeness (QED) is 0.261. The van der Waals surface area contributed by atoms with Gasteiger partial charge in [-0.3, -0.25) is 9.52 Å². The Kier molecular flexibility index (Phi) is 8.78. The third-order valence-corrected chi connectivity index (χ3v) is 6.53. The molecule has 12 heteroatoms. The molecule has 0 atom stereocenters.